The minimum atomic E-state index is -1.98. The van der Waals surface area contributed by atoms with Gasteiger partial charge in [-0.3, -0.25) is 4.79 Å². The zero-order valence-corrected chi connectivity index (χ0v) is 20.3. The van der Waals surface area contributed by atoms with Gasteiger partial charge in [0.1, 0.15) is 0 Å². The van der Waals surface area contributed by atoms with E-state index in [9.17, 15) is 4.79 Å². The highest BCUT2D eigenvalue weighted by atomic mass is 28.4. The number of rotatable bonds is 7. The molecule has 4 nitrogen and oxygen atoms in total. The van der Waals surface area contributed by atoms with Crippen LogP contribution in [0.4, 0.5) is 0 Å². The Morgan fingerprint density at radius 1 is 1.23 bits per heavy atom. The summed E-state index contributed by atoms with van der Waals surface area (Å²) in [5.41, 5.74) is 0.677. The van der Waals surface area contributed by atoms with E-state index < -0.39 is 13.9 Å². The third-order valence-electron chi connectivity index (χ3n) is 7.13. The van der Waals surface area contributed by atoms with Crippen LogP contribution in [0.3, 0.4) is 0 Å². The van der Waals surface area contributed by atoms with Crippen molar-refractivity contribution in [1.29, 1.82) is 0 Å². The van der Waals surface area contributed by atoms with Crippen molar-refractivity contribution in [3.8, 4) is 0 Å². The summed E-state index contributed by atoms with van der Waals surface area (Å²) in [6.07, 6.45) is 7.75. The zero-order valence-electron chi connectivity index (χ0n) is 19.3. The molecule has 0 radical (unpaired) electrons. The summed E-state index contributed by atoms with van der Waals surface area (Å²) in [5.74, 6) is -0.0640. The number of ether oxygens (including phenoxy) is 2. The Morgan fingerprint density at radius 2 is 1.97 bits per heavy atom. The molecule has 1 aromatic rings. The summed E-state index contributed by atoms with van der Waals surface area (Å²) in [7, 11) is -1.98. The van der Waals surface area contributed by atoms with Crippen LogP contribution in [0.15, 0.2) is 42.5 Å². The van der Waals surface area contributed by atoms with Gasteiger partial charge < -0.3 is 13.9 Å². The fourth-order valence-electron chi connectivity index (χ4n) is 4.14. The first kappa shape index (κ1) is 23.4. The van der Waals surface area contributed by atoms with E-state index in [-0.39, 0.29) is 29.5 Å². The first-order valence-electron chi connectivity index (χ1n) is 11.3. The Labute approximate surface area is 183 Å². The van der Waals surface area contributed by atoms with Gasteiger partial charge in [-0.15, -0.1) is 0 Å². The van der Waals surface area contributed by atoms with E-state index in [1.807, 2.05) is 18.2 Å². The van der Waals surface area contributed by atoms with Crippen LogP contribution in [0.1, 0.15) is 52.0 Å². The summed E-state index contributed by atoms with van der Waals surface area (Å²) in [6.45, 7) is 12.3. The molecular weight excluding hydrogens is 392 g/mol. The number of carbonyl (C=O) groups excluding carboxylic acids is 1. The number of hydrogen-bond donors (Lipinski definition) is 0. The molecule has 0 aromatic heterocycles. The fraction of sp³-hybridized carbons (Fsp3) is 0.640. The number of carbonyl (C=O) groups is 1. The van der Waals surface area contributed by atoms with E-state index in [0.717, 1.165) is 24.8 Å². The van der Waals surface area contributed by atoms with Crippen molar-refractivity contribution in [2.45, 2.75) is 82.9 Å². The molecule has 2 aliphatic rings. The lowest BCUT2D eigenvalue weighted by Gasteiger charge is -2.38. The van der Waals surface area contributed by atoms with Crippen LogP contribution in [0.25, 0.3) is 0 Å². The van der Waals surface area contributed by atoms with E-state index >= 15 is 0 Å². The van der Waals surface area contributed by atoms with Crippen LogP contribution in [-0.4, -0.2) is 39.0 Å². The summed E-state index contributed by atoms with van der Waals surface area (Å²) >= 11 is 0. The van der Waals surface area contributed by atoms with E-state index in [1.54, 1.807) is 0 Å². The average Bonchev–Trinajstić information content (AvgIpc) is 3.09. The van der Waals surface area contributed by atoms with E-state index in [1.165, 1.54) is 0 Å². The molecule has 5 heteroatoms. The van der Waals surface area contributed by atoms with Crippen molar-refractivity contribution in [2.75, 3.05) is 13.2 Å². The second-order valence-electron chi connectivity index (χ2n) is 10.3. The van der Waals surface area contributed by atoms with Gasteiger partial charge in [-0.05, 0) is 49.4 Å². The van der Waals surface area contributed by atoms with Crippen molar-refractivity contribution in [3.05, 3.63) is 48.0 Å². The van der Waals surface area contributed by atoms with Gasteiger partial charge in [0.05, 0.1) is 37.4 Å². The second kappa shape index (κ2) is 9.47. The Morgan fingerprint density at radius 3 is 2.60 bits per heavy atom. The molecule has 0 saturated heterocycles. The maximum absolute atomic E-state index is 13.4. The van der Waals surface area contributed by atoms with Crippen LogP contribution < -0.4 is 0 Å². The molecule has 1 heterocycles. The van der Waals surface area contributed by atoms with Crippen molar-refractivity contribution >= 4 is 14.1 Å². The van der Waals surface area contributed by atoms with Crippen molar-refractivity contribution < 1.29 is 18.7 Å². The van der Waals surface area contributed by atoms with Gasteiger partial charge in [-0.25, -0.2) is 0 Å². The smallest absolute Gasteiger partial charge is 0.192 e. The molecule has 30 heavy (non-hydrogen) atoms. The average molecular weight is 431 g/mol. The molecule has 1 aliphatic heterocycles. The molecule has 3 atom stereocenters. The second-order valence-corrected chi connectivity index (χ2v) is 15.1. The minimum Gasteiger partial charge on any atom is -0.410 e. The molecule has 0 N–H and O–H groups in total. The molecule has 166 valence electrons. The van der Waals surface area contributed by atoms with Crippen LogP contribution in [0, 0.1) is 5.92 Å². The van der Waals surface area contributed by atoms with Crippen LogP contribution in [0.5, 0.6) is 0 Å². The van der Waals surface area contributed by atoms with E-state index in [0.29, 0.717) is 19.6 Å². The van der Waals surface area contributed by atoms with Crippen molar-refractivity contribution in [1.82, 2.24) is 0 Å². The molecule has 0 bridgehead atoms. The Balaban J connectivity index is 1.70. The van der Waals surface area contributed by atoms with Gasteiger partial charge in [0.2, 0.25) is 0 Å². The number of Topliss-reactive ketones (excluding diaryl/α,β-unsaturated/α-hetero) is 1. The lowest BCUT2D eigenvalue weighted by atomic mass is 9.80. The molecular formula is C25H38O4Si. The van der Waals surface area contributed by atoms with Crippen LogP contribution >= 0.6 is 0 Å². The predicted molar refractivity (Wildman–Crippen MR) is 123 cm³/mol. The Bertz CT molecular complexity index is 737. The quantitative estimate of drug-likeness (QED) is 0.412. The van der Waals surface area contributed by atoms with Gasteiger partial charge in [0.25, 0.3) is 0 Å². The molecule has 0 amide bonds. The summed E-state index contributed by atoms with van der Waals surface area (Å²) < 4.78 is 18.7. The predicted octanol–water partition coefficient (Wildman–Crippen LogP) is 5.68. The van der Waals surface area contributed by atoms with Gasteiger partial charge >= 0.3 is 0 Å². The Hall–Kier alpha value is -1.27. The molecule has 1 aromatic carbocycles. The number of hydrogen-bond acceptors (Lipinski definition) is 4. The normalized spacial score (nSPS) is 27.4. The van der Waals surface area contributed by atoms with Crippen molar-refractivity contribution in [2.24, 2.45) is 5.92 Å². The molecule has 1 aliphatic carbocycles. The summed E-state index contributed by atoms with van der Waals surface area (Å²) in [4.78, 5) is 13.4. The first-order chi connectivity index (χ1) is 14.1. The third kappa shape index (κ3) is 5.50. The first-order valence-corrected chi connectivity index (χ1v) is 14.2. The fourth-order valence-corrected chi connectivity index (χ4v) is 5.08. The third-order valence-corrected chi connectivity index (χ3v) is 11.6. The molecule has 1 saturated carbocycles. The lowest BCUT2D eigenvalue weighted by Crippen LogP contribution is -2.46. The largest absolute Gasteiger partial charge is 0.410 e. The zero-order chi connectivity index (χ0) is 21.8. The number of benzene rings is 1. The van der Waals surface area contributed by atoms with Gasteiger partial charge in [-0.1, -0.05) is 63.3 Å². The highest BCUT2D eigenvalue weighted by Gasteiger charge is 2.47. The molecule has 3 rings (SSSR count). The van der Waals surface area contributed by atoms with E-state index in [2.05, 4.69) is 58.2 Å². The maximum atomic E-state index is 13.4. The maximum Gasteiger partial charge on any atom is 0.192 e. The molecule has 1 spiro atoms. The standard InChI is InChI=1S/C25H38O4Si/c1-24(2,3)30(4,5)29-19-23(26)22-17-21(27-18-20-11-7-6-8-12-20)13-9-14-25(22)15-10-16-28-25/h6-8,10-12,15,21-22H,9,13-14,16-19H2,1-5H3/t21-,22+,25-/m0/s1. The van der Waals surface area contributed by atoms with E-state index in [4.69, 9.17) is 13.9 Å². The molecule has 0 unspecified atom stereocenters. The topological polar surface area (TPSA) is 44.8 Å². The van der Waals surface area contributed by atoms with Crippen molar-refractivity contribution in [3.63, 3.8) is 0 Å². The van der Waals surface area contributed by atoms with Crippen LogP contribution in [0.2, 0.25) is 18.1 Å². The number of ketones is 1. The van der Waals surface area contributed by atoms with Gasteiger partial charge in [0.15, 0.2) is 14.1 Å². The van der Waals surface area contributed by atoms with Gasteiger partial charge in [-0.2, -0.15) is 0 Å². The van der Waals surface area contributed by atoms with Crippen LogP contribution in [-0.2, 0) is 25.3 Å². The highest BCUT2D eigenvalue weighted by Crippen LogP contribution is 2.42. The molecule has 1 fully saturated rings. The SMILES string of the molecule is CC(C)(C)[Si](C)(C)OCC(=O)[C@H]1C[C@@H](OCc2ccccc2)CCC[C@]12C=CCO2. The monoisotopic (exact) mass is 430 g/mol. The lowest BCUT2D eigenvalue weighted by molar-refractivity contribution is -0.136. The highest BCUT2D eigenvalue weighted by molar-refractivity contribution is 6.74. The van der Waals surface area contributed by atoms with Gasteiger partial charge in [0, 0.05) is 0 Å². The Kier molecular flexibility index (Phi) is 7.39. The minimum absolute atomic E-state index is 0.0593. The summed E-state index contributed by atoms with van der Waals surface area (Å²) in [6, 6.07) is 10.2. The summed E-state index contributed by atoms with van der Waals surface area (Å²) in [5, 5.41) is 0.0828.